The second kappa shape index (κ2) is 9.96. The summed E-state index contributed by atoms with van der Waals surface area (Å²) in [5.41, 5.74) is 1.01. The lowest BCUT2D eigenvalue weighted by molar-refractivity contribution is -0.146. The van der Waals surface area contributed by atoms with Gasteiger partial charge in [-0.05, 0) is 23.6 Å². The number of hydrogen-bond donors (Lipinski definition) is 1. The minimum absolute atomic E-state index is 0.00608. The van der Waals surface area contributed by atoms with Gasteiger partial charge in [0.2, 0.25) is 0 Å². The van der Waals surface area contributed by atoms with E-state index in [1.54, 1.807) is 21.1 Å². The van der Waals surface area contributed by atoms with Crippen LogP contribution in [0.15, 0.2) is 29.3 Å². The summed E-state index contributed by atoms with van der Waals surface area (Å²) in [5.74, 6) is 1.18. The first-order chi connectivity index (χ1) is 13.3. The number of carbonyl (C=O) groups excluding carboxylic acids is 2. The summed E-state index contributed by atoms with van der Waals surface area (Å²) in [6, 6.07) is 7.59. The summed E-state index contributed by atoms with van der Waals surface area (Å²) in [5, 5.41) is 3.33. The van der Waals surface area contributed by atoms with Gasteiger partial charge in [-0.25, -0.2) is 0 Å². The quantitative estimate of drug-likeness (QED) is 0.443. The van der Waals surface area contributed by atoms with Crippen LogP contribution >= 0.6 is 0 Å². The number of methoxy groups -OCH3 is 1. The number of nitrogens with zero attached hydrogens (tertiary/aromatic N) is 3. The Balaban J connectivity index is 1.92. The lowest BCUT2D eigenvalue weighted by Crippen LogP contribution is -2.40. The fourth-order valence-electron chi connectivity index (χ4n) is 3.13. The topological polar surface area (TPSA) is 83.5 Å². The molecule has 1 aromatic carbocycles. The van der Waals surface area contributed by atoms with Crippen LogP contribution in [0.2, 0.25) is 0 Å². The molecule has 1 heterocycles. The first-order valence-electron chi connectivity index (χ1n) is 9.31. The molecule has 2 unspecified atom stereocenters. The van der Waals surface area contributed by atoms with Crippen LogP contribution in [-0.2, 0) is 20.9 Å². The first kappa shape index (κ1) is 21.5. The molecule has 1 fully saturated rings. The highest BCUT2D eigenvalue weighted by Crippen LogP contribution is 2.24. The Hall–Kier alpha value is -2.77. The second-order valence-corrected chi connectivity index (χ2v) is 7.14. The highest BCUT2D eigenvalue weighted by Gasteiger charge is 2.36. The molecule has 1 aliphatic heterocycles. The van der Waals surface area contributed by atoms with E-state index in [9.17, 15) is 9.59 Å². The van der Waals surface area contributed by atoms with Gasteiger partial charge in [0.25, 0.3) is 5.91 Å². The van der Waals surface area contributed by atoms with Crippen LogP contribution in [0.25, 0.3) is 0 Å². The summed E-state index contributed by atoms with van der Waals surface area (Å²) in [6.07, 6.45) is 0. The molecule has 1 aromatic rings. The molecule has 8 nitrogen and oxygen atoms in total. The Morgan fingerprint density at radius 3 is 2.71 bits per heavy atom. The van der Waals surface area contributed by atoms with E-state index >= 15 is 0 Å². The van der Waals surface area contributed by atoms with Crippen LogP contribution in [0.5, 0.6) is 5.75 Å². The van der Waals surface area contributed by atoms with Crippen LogP contribution in [0.1, 0.15) is 12.5 Å². The number of carbonyl (C=O) groups is 2. The summed E-state index contributed by atoms with van der Waals surface area (Å²) in [6.45, 7) is 3.94. The molecule has 0 spiro atoms. The van der Waals surface area contributed by atoms with E-state index < -0.39 is 0 Å². The van der Waals surface area contributed by atoms with Crippen LogP contribution in [0.4, 0.5) is 0 Å². The van der Waals surface area contributed by atoms with E-state index in [4.69, 9.17) is 9.47 Å². The third-order valence-corrected chi connectivity index (χ3v) is 4.84. The van der Waals surface area contributed by atoms with Crippen molar-refractivity contribution in [2.24, 2.45) is 16.8 Å². The molecule has 2 atom stereocenters. The largest absolute Gasteiger partial charge is 0.484 e. The molecular formula is C20H30N4O4. The average molecular weight is 390 g/mol. The van der Waals surface area contributed by atoms with Crippen molar-refractivity contribution in [1.29, 1.82) is 0 Å². The zero-order valence-corrected chi connectivity index (χ0v) is 17.3. The number of likely N-dealkylation sites (N-methyl/N-ethyl adjacent to an activating group) is 1. The lowest BCUT2D eigenvalue weighted by atomic mass is 9.99. The molecule has 1 aliphatic rings. The molecule has 1 N–H and O–H groups in total. The predicted octanol–water partition coefficient (Wildman–Crippen LogP) is 0.970. The number of benzene rings is 1. The molecule has 8 heteroatoms. The number of esters is 1. The van der Waals surface area contributed by atoms with Gasteiger partial charge in [-0.15, -0.1) is 0 Å². The van der Waals surface area contributed by atoms with Crippen molar-refractivity contribution < 1.29 is 19.1 Å². The Morgan fingerprint density at radius 2 is 2.07 bits per heavy atom. The van der Waals surface area contributed by atoms with Gasteiger partial charge in [0.15, 0.2) is 12.6 Å². The van der Waals surface area contributed by atoms with Gasteiger partial charge in [-0.2, -0.15) is 0 Å². The smallest absolute Gasteiger partial charge is 0.310 e. The molecule has 0 aliphatic carbocycles. The first-order valence-corrected chi connectivity index (χ1v) is 9.31. The van der Waals surface area contributed by atoms with E-state index in [-0.39, 0.29) is 30.3 Å². The molecular weight excluding hydrogens is 360 g/mol. The molecule has 0 bridgehead atoms. The van der Waals surface area contributed by atoms with Crippen molar-refractivity contribution in [3.63, 3.8) is 0 Å². The number of hydrogen-bond acceptors (Lipinski definition) is 5. The van der Waals surface area contributed by atoms with Crippen molar-refractivity contribution in [3.8, 4) is 5.75 Å². The fraction of sp³-hybridized carbons (Fsp3) is 0.550. The highest BCUT2D eigenvalue weighted by atomic mass is 16.5. The summed E-state index contributed by atoms with van der Waals surface area (Å²) in [7, 11) is 6.54. The number of rotatable bonds is 6. The van der Waals surface area contributed by atoms with Crippen molar-refractivity contribution in [1.82, 2.24) is 15.1 Å². The Morgan fingerprint density at radius 1 is 1.32 bits per heavy atom. The summed E-state index contributed by atoms with van der Waals surface area (Å²) < 4.78 is 10.5. The van der Waals surface area contributed by atoms with Gasteiger partial charge < -0.3 is 24.6 Å². The number of aliphatic imine (C=N–C) groups is 1. The molecule has 0 saturated carbocycles. The molecule has 28 heavy (non-hydrogen) atoms. The fourth-order valence-corrected chi connectivity index (χ4v) is 3.13. The van der Waals surface area contributed by atoms with Gasteiger partial charge in [-0.1, -0.05) is 19.1 Å². The predicted molar refractivity (Wildman–Crippen MR) is 107 cm³/mol. The van der Waals surface area contributed by atoms with Gasteiger partial charge in [-0.3, -0.25) is 14.6 Å². The van der Waals surface area contributed by atoms with Crippen molar-refractivity contribution >= 4 is 17.8 Å². The number of guanidine groups is 1. The van der Waals surface area contributed by atoms with Crippen molar-refractivity contribution in [2.75, 3.05) is 47.9 Å². The number of amides is 1. The maximum absolute atomic E-state index is 11.9. The normalized spacial score (nSPS) is 19.3. The Bertz CT molecular complexity index is 720. The van der Waals surface area contributed by atoms with E-state index in [0.717, 1.165) is 18.1 Å². The molecule has 0 aromatic heterocycles. The van der Waals surface area contributed by atoms with Gasteiger partial charge in [0.05, 0.1) is 13.0 Å². The summed E-state index contributed by atoms with van der Waals surface area (Å²) >= 11 is 0. The van der Waals surface area contributed by atoms with Crippen LogP contribution in [0, 0.1) is 11.8 Å². The lowest BCUT2D eigenvalue weighted by Gasteiger charge is -2.21. The zero-order chi connectivity index (χ0) is 20.7. The Kier molecular flexibility index (Phi) is 7.66. The van der Waals surface area contributed by atoms with E-state index in [1.165, 1.54) is 12.0 Å². The highest BCUT2D eigenvalue weighted by molar-refractivity contribution is 5.82. The van der Waals surface area contributed by atoms with Crippen LogP contribution in [0.3, 0.4) is 0 Å². The van der Waals surface area contributed by atoms with E-state index in [0.29, 0.717) is 18.8 Å². The number of likely N-dealkylation sites (tertiary alicyclic amines) is 1. The maximum Gasteiger partial charge on any atom is 0.310 e. The minimum Gasteiger partial charge on any atom is -0.484 e. The maximum atomic E-state index is 11.9. The standard InChI is InChI=1S/C20H30N4O4/c1-14-11-24(12-17(14)19(26)27-5)20(21-2)22-10-15-7-6-8-16(9-15)28-13-18(25)23(3)4/h6-9,14,17H,10-13H2,1-5H3,(H,21,22). The molecule has 0 radical (unpaired) electrons. The molecule has 154 valence electrons. The van der Waals surface area contributed by atoms with Crippen LogP contribution < -0.4 is 10.1 Å². The number of nitrogens with one attached hydrogen (secondary N) is 1. The average Bonchev–Trinajstić information content (AvgIpc) is 3.07. The SMILES string of the molecule is CN=C(NCc1cccc(OCC(=O)N(C)C)c1)N1CC(C)C(C(=O)OC)C1. The van der Waals surface area contributed by atoms with Crippen molar-refractivity contribution in [3.05, 3.63) is 29.8 Å². The molecule has 1 saturated heterocycles. The second-order valence-electron chi connectivity index (χ2n) is 7.14. The number of ether oxygens (including phenoxy) is 2. The molecule has 2 rings (SSSR count). The third kappa shape index (κ3) is 5.61. The van der Waals surface area contributed by atoms with Gasteiger partial charge in [0.1, 0.15) is 5.75 Å². The van der Waals surface area contributed by atoms with E-state index in [1.807, 2.05) is 31.2 Å². The van der Waals surface area contributed by atoms with Gasteiger partial charge in [0, 0.05) is 40.8 Å². The molecule has 1 amide bonds. The Labute approximate surface area is 166 Å². The summed E-state index contributed by atoms with van der Waals surface area (Å²) in [4.78, 5) is 31.5. The van der Waals surface area contributed by atoms with Gasteiger partial charge >= 0.3 is 5.97 Å². The monoisotopic (exact) mass is 390 g/mol. The van der Waals surface area contributed by atoms with Crippen molar-refractivity contribution in [2.45, 2.75) is 13.5 Å². The van der Waals surface area contributed by atoms with E-state index in [2.05, 4.69) is 15.2 Å². The minimum atomic E-state index is -0.178. The van der Waals surface area contributed by atoms with Crippen LogP contribution in [-0.4, -0.2) is 75.6 Å². The zero-order valence-electron chi connectivity index (χ0n) is 17.3. The third-order valence-electron chi connectivity index (χ3n) is 4.84.